The van der Waals surface area contributed by atoms with E-state index in [4.69, 9.17) is 4.74 Å². The second-order valence-electron chi connectivity index (χ2n) is 4.82. The van der Waals surface area contributed by atoms with Gasteiger partial charge in [-0.25, -0.2) is 9.97 Å². The number of ether oxygens (including phenoxy) is 1. The van der Waals surface area contributed by atoms with Crippen LogP contribution in [0.25, 0.3) is 0 Å². The predicted molar refractivity (Wildman–Crippen MR) is 83.9 cm³/mol. The van der Waals surface area contributed by atoms with Gasteiger partial charge in [0.05, 0.1) is 19.3 Å². The Morgan fingerprint density at radius 1 is 1.23 bits per heavy atom. The average molecular weight is 297 g/mol. The third-order valence-electron chi connectivity index (χ3n) is 3.19. The van der Waals surface area contributed by atoms with E-state index in [0.29, 0.717) is 23.9 Å². The lowest BCUT2D eigenvalue weighted by Gasteiger charge is -2.13. The third kappa shape index (κ3) is 2.88. The minimum absolute atomic E-state index is 0.184. The molecule has 1 aliphatic rings. The highest BCUT2D eigenvalue weighted by Gasteiger charge is 2.13. The number of aromatic nitrogens is 2. The van der Waals surface area contributed by atoms with Crippen LogP contribution in [0.1, 0.15) is 18.1 Å². The monoisotopic (exact) mass is 297 g/mol. The van der Waals surface area contributed by atoms with E-state index in [9.17, 15) is 4.79 Å². The topological polar surface area (TPSA) is 88.5 Å². The van der Waals surface area contributed by atoms with Gasteiger partial charge in [0.2, 0.25) is 5.91 Å². The number of hydrogen-bond donors (Lipinski definition) is 2. The summed E-state index contributed by atoms with van der Waals surface area (Å²) >= 11 is 0. The van der Waals surface area contributed by atoms with E-state index in [1.165, 1.54) is 13.3 Å². The van der Waals surface area contributed by atoms with Gasteiger partial charge in [0.15, 0.2) is 0 Å². The zero-order chi connectivity index (χ0) is 15.5. The maximum Gasteiger partial charge on any atom is 0.222 e. The van der Waals surface area contributed by atoms with Crippen LogP contribution in [0.3, 0.4) is 0 Å². The molecule has 7 heteroatoms. The van der Waals surface area contributed by atoms with E-state index in [0.717, 1.165) is 16.8 Å². The molecule has 3 rings (SSSR count). The fourth-order valence-corrected chi connectivity index (χ4v) is 2.22. The van der Waals surface area contributed by atoms with Crippen molar-refractivity contribution in [2.75, 3.05) is 17.7 Å². The number of carbonyl (C=O) groups is 1. The number of amides is 1. The minimum atomic E-state index is -0.184. The summed E-state index contributed by atoms with van der Waals surface area (Å²) in [5, 5.41) is 5.80. The molecule has 0 fully saturated rings. The first-order valence-corrected chi connectivity index (χ1v) is 6.73. The Balaban J connectivity index is 1.89. The molecular weight excluding hydrogens is 282 g/mol. The van der Waals surface area contributed by atoms with E-state index in [2.05, 4.69) is 25.6 Å². The first kappa shape index (κ1) is 14.0. The Labute approximate surface area is 127 Å². The maximum absolute atomic E-state index is 11.1. The molecule has 1 aromatic heterocycles. The van der Waals surface area contributed by atoms with Gasteiger partial charge >= 0.3 is 0 Å². The number of benzene rings is 1. The molecule has 0 atom stereocenters. The number of aliphatic imine (C=N–C) groups is 1. The Bertz CT molecular complexity index is 758. The van der Waals surface area contributed by atoms with Crippen molar-refractivity contribution < 1.29 is 9.53 Å². The highest BCUT2D eigenvalue weighted by molar-refractivity contribution is 5.89. The lowest BCUT2D eigenvalue weighted by molar-refractivity contribution is -0.114. The van der Waals surface area contributed by atoms with Gasteiger partial charge in [-0.05, 0) is 23.3 Å². The van der Waals surface area contributed by atoms with Crippen molar-refractivity contribution >= 4 is 29.4 Å². The fraction of sp³-hybridized carbons (Fsp3) is 0.200. The Morgan fingerprint density at radius 3 is 2.82 bits per heavy atom. The van der Waals surface area contributed by atoms with Gasteiger partial charge in [0, 0.05) is 19.2 Å². The zero-order valence-electron chi connectivity index (χ0n) is 12.3. The molecule has 0 unspecified atom stereocenters. The number of hydrogen-bond acceptors (Lipinski definition) is 6. The summed E-state index contributed by atoms with van der Waals surface area (Å²) in [6, 6.07) is 5.58. The van der Waals surface area contributed by atoms with Crippen LogP contribution in [0, 0.1) is 0 Å². The van der Waals surface area contributed by atoms with Crippen LogP contribution in [-0.2, 0) is 11.3 Å². The van der Waals surface area contributed by atoms with E-state index >= 15 is 0 Å². The Hall–Kier alpha value is -2.96. The van der Waals surface area contributed by atoms with Crippen LogP contribution in [0.15, 0.2) is 29.5 Å². The second kappa shape index (κ2) is 5.80. The van der Waals surface area contributed by atoms with Crippen molar-refractivity contribution in [3.05, 3.63) is 35.7 Å². The van der Waals surface area contributed by atoms with Gasteiger partial charge in [0.1, 0.15) is 23.7 Å². The largest absolute Gasteiger partial charge is 0.495 e. The highest BCUT2D eigenvalue weighted by atomic mass is 16.5. The molecule has 0 spiro atoms. The summed E-state index contributed by atoms with van der Waals surface area (Å²) in [4.78, 5) is 23.5. The number of rotatable bonds is 4. The molecule has 0 bridgehead atoms. The number of carbonyl (C=O) groups excluding carboxylic acids is 1. The Morgan fingerprint density at radius 2 is 2.05 bits per heavy atom. The van der Waals surface area contributed by atoms with E-state index in [1.807, 2.05) is 18.3 Å². The van der Waals surface area contributed by atoms with Gasteiger partial charge in [-0.3, -0.25) is 9.79 Å². The smallest absolute Gasteiger partial charge is 0.222 e. The van der Waals surface area contributed by atoms with Crippen LogP contribution in [0.2, 0.25) is 0 Å². The number of fused-ring (bicyclic) bond motifs is 1. The summed E-state index contributed by atoms with van der Waals surface area (Å²) < 4.78 is 5.41. The lowest BCUT2D eigenvalue weighted by Crippen LogP contribution is -2.08. The third-order valence-corrected chi connectivity index (χ3v) is 3.19. The van der Waals surface area contributed by atoms with Crippen LogP contribution in [0.4, 0.5) is 17.3 Å². The van der Waals surface area contributed by atoms with Gasteiger partial charge in [-0.15, -0.1) is 0 Å². The molecule has 1 amide bonds. The van der Waals surface area contributed by atoms with Crippen molar-refractivity contribution in [3.63, 3.8) is 0 Å². The van der Waals surface area contributed by atoms with Crippen LogP contribution >= 0.6 is 0 Å². The summed E-state index contributed by atoms with van der Waals surface area (Å²) in [5.41, 5.74) is 2.96. The zero-order valence-corrected chi connectivity index (χ0v) is 12.3. The van der Waals surface area contributed by atoms with Crippen LogP contribution in [-0.4, -0.2) is 29.2 Å². The molecule has 0 saturated heterocycles. The van der Waals surface area contributed by atoms with Crippen molar-refractivity contribution in [1.29, 1.82) is 0 Å². The molecule has 0 saturated carbocycles. The van der Waals surface area contributed by atoms with Gasteiger partial charge in [-0.2, -0.15) is 0 Å². The first-order chi connectivity index (χ1) is 10.7. The number of nitrogens with one attached hydrogen (secondary N) is 2. The van der Waals surface area contributed by atoms with E-state index < -0.39 is 0 Å². The molecule has 0 aliphatic carbocycles. The van der Waals surface area contributed by atoms with Gasteiger partial charge < -0.3 is 15.4 Å². The molecule has 7 nitrogen and oxygen atoms in total. The highest BCUT2D eigenvalue weighted by Crippen LogP contribution is 2.32. The first-order valence-electron chi connectivity index (χ1n) is 6.73. The van der Waals surface area contributed by atoms with E-state index in [-0.39, 0.29) is 5.91 Å². The quantitative estimate of drug-likeness (QED) is 0.902. The Kier molecular flexibility index (Phi) is 3.69. The van der Waals surface area contributed by atoms with Crippen LogP contribution < -0.4 is 15.4 Å². The second-order valence-corrected chi connectivity index (χ2v) is 4.82. The van der Waals surface area contributed by atoms with Crippen molar-refractivity contribution in [2.24, 2.45) is 4.99 Å². The standard InChI is InChI=1S/C15H15N5O2/c1-9(21)19-14-5-15(18-8-17-14)20-12-3-10-6-16-7-11(10)4-13(12)22-2/h3-6,8H,7H2,1-2H3,(H2,17,18,19,20,21). The molecule has 2 heterocycles. The summed E-state index contributed by atoms with van der Waals surface area (Å²) in [5.74, 6) is 1.53. The number of nitrogens with zero attached hydrogens (tertiary/aromatic N) is 3. The lowest BCUT2D eigenvalue weighted by atomic mass is 10.1. The van der Waals surface area contributed by atoms with E-state index in [1.54, 1.807) is 13.2 Å². The molecule has 2 N–H and O–H groups in total. The normalized spacial score (nSPS) is 11.9. The van der Waals surface area contributed by atoms with Gasteiger partial charge in [-0.1, -0.05) is 0 Å². The molecule has 2 aromatic rings. The SMILES string of the molecule is COc1cc2c(cc1Nc1cc(NC(C)=O)ncn1)C=NC2. The predicted octanol–water partition coefficient (Wildman–Crippen LogP) is 2.12. The van der Waals surface area contributed by atoms with Crippen molar-refractivity contribution in [3.8, 4) is 5.75 Å². The summed E-state index contributed by atoms with van der Waals surface area (Å²) in [6.07, 6.45) is 3.22. The summed E-state index contributed by atoms with van der Waals surface area (Å²) in [7, 11) is 1.62. The molecule has 1 aromatic carbocycles. The molecular formula is C15H15N5O2. The molecule has 0 radical (unpaired) electrons. The van der Waals surface area contributed by atoms with Crippen LogP contribution in [0.5, 0.6) is 5.75 Å². The van der Waals surface area contributed by atoms with Crippen molar-refractivity contribution in [2.45, 2.75) is 13.5 Å². The summed E-state index contributed by atoms with van der Waals surface area (Å²) in [6.45, 7) is 2.10. The number of anilines is 3. The van der Waals surface area contributed by atoms with Crippen molar-refractivity contribution in [1.82, 2.24) is 9.97 Å². The maximum atomic E-state index is 11.1. The fourth-order valence-electron chi connectivity index (χ4n) is 2.22. The average Bonchev–Trinajstić information content (AvgIpc) is 2.93. The molecule has 1 aliphatic heterocycles. The minimum Gasteiger partial charge on any atom is -0.495 e. The number of methoxy groups -OCH3 is 1. The molecule has 112 valence electrons. The molecule has 22 heavy (non-hydrogen) atoms. The van der Waals surface area contributed by atoms with Gasteiger partial charge in [0.25, 0.3) is 0 Å².